The van der Waals surface area contributed by atoms with Crippen LogP contribution in [0.25, 0.3) is 0 Å². The van der Waals surface area contributed by atoms with Crippen LogP contribution in [0.5, 0.6) is 0 Å². The van der Waals surface area contributed by atoms with E-state index < -0.39 is 0 Å². The van der Waals surface area contributed by atoms with E-state index in [4.69, 9.17) is 23.2 Å². The second-order valence-electron chi connectivity index (χ2n) is 8.19. The zero-order valence-corrected chi connectivity index (χ0v) is 19.5. The third-order valence-electron chi connectivity index (χ3n) is 5.75. The van der Waals surface area contributed by atoms with Crippen molar-refractivity contribution in [3.63, 3.8) is 0 Å². The van der Waals surface area contributed by atoms with E-state index in [2.05, 4.69) is 20.2 Å². The number of amides is 1. The van der Waals surface area contributed by atoms with E-state index in [9.17, 15) is 9.59 Å². The number of aromatic nitrogens is 2. The molecule has 0 bridgehead atoms. The number of carbonyl (C=O) groups is 2. The van der Waals surface area contributed by atoms with Crippen LogP contribution < -0.4 is 10.2 Å². The lowest BCUT2D eigenvalue weighted by atomic mass is 9.90. The molecular formula is C25H24Cl2N4O2. The number of anilines is 2. The summed E-state index contributed by atoms with van der Waals surface area (Å²) in [6, 6.07) is 12.2. The highest BCUT2D eigenvalue weighted by Crippen LogP contribution is 2.31. The number of hydrogen-bond donors (Lipinski definition) is 1. The van der Waals surface area contributed by atoms with Gasteiger partial charge in [0.1, 0.15) is 5.78 Å². The molecular weight excluding hydrogens is 459 g/mol. The molecule has 3 heterocycles. The van der Waals surface area contributed by atoms with E-state index >= 15 is 0 Å². The minimum atomic E-state index is -0.278. The summed E-state index contributed by atoms with van der Waals surface area (Å²) in [5.41, 5.74) is 2.01. The SMILES string of the molecule is O=C(Cc1ccncc1)CC1CCN(c2ncc(Cl)cc2NC(=O)c2cccc(Cl)c2)CC1. The predicted octanol–water partition coefficient (Wildman–Crippen LogP) is 5.45. The molecule has 1 aliphatic rings. The molecule has 170 valence electrons. The van der Waals surface area contributed by atoms with Gasteiger partial charge in [0.05, 0.1) is 10.7 Å². The minimum Gasteiger partial charge on any atom is -0.355 e. The van der Waals surface area contributed by atoms with Gasteiger partial charge in [0.25, 0.3) is 5.91 Å². The third-order valence-corrected chi connectivity index (χ3v) is 6.19. The summed E-state index contributed by atoms with van der Waals surface area (Å²) in [7, 11) is 0. The summed E-state index contributed by atoms with van der Waals surface area (Å²) in [6.07, 6.45) is 7.79. The maximum absolute atomic E-state index is 12.7. The summed E-state index contributed by atoms with van der Waals surface area (Å²) in [5.74, 6) is 0.988. The fourth-order valence-corrected chi connectivity index (χ4v) is 4.42. The Hall–Kier alpha value is -2.96. The quantitative estimate of drug-likeness (QED) is 0.484. The fraction of sp³-hybridized carbons (Fsp3) is 0.280. The number of hydrogen-bond acceptors (Lipinski definition) is 5. The number of ketones is 1. The molecule has 0 spiro atoms. The van der Waals surface area contributed by atoms with E-state index in [0.717, 1.165) is 31.5 Å². The number of halogens is 2. The van der Waals surface area contributed by atoms with E-state index in [1.807, 2.05) is 12.1 Å². The Kier molecular flexibility index (Phi) is 7.57. The molecule has 1 amide bonds. The fourth-order valence-electron chi connectivity index (χ4n) is 4.07. The number of rotatable bonds is 7. The van der Waals surface area contributed by atoms with E-state index in [1.54, 1.807) is 48.9 Å². The van der Waals surface area contributed by atoms with Crippen molar-refractivity contribution in [2.45, 2.75) is 25.7 Å². The first-order valence-electron chi connectivity index (χ1n) is 10.9. The van der Waals surface area contributed by atoms with Crippen molar-refractivity contribution in [1.29, 1.82) is 0 Å². The summed E-state index contributed by atoms with van der Waals surface area (Å²) in [5, 5.41) is 3.85. The smallest absolute Gasteiger partial charge is 0.255 e. The lowest BCUT2D eigenvalue weighted by Gasteiger charge is -2.33. The highest BCUT2D eigenvalue weighted by Gasteiger charge is 2.24. The zero-order chi connectivity index (χ0) is 23.2. The van der Waals surface area contributed by atoms with E-state index in [1.165, 1.54) is 0 Å². The third kappa shape index (κ3) is 6.30. The topological polar surface area (TPSA) is 75.2 Å². The van der Waals surface area contributed by atoms with Crippen molar-refractivity contribution in [3.05, 3.63) is 82.2 Å². The van der Waals surface area contributed by atoms with Crippen LogP contribution in [0.15, 0.2) is 61.1 Å². The molecule has 2 aromatic heterocycles. The van der Waals surface area contributed by atoms with Gasteiger partial charge in [0.2, 0.25) is 0 Å². The Bertz CT molecular complexity index is 1130. The van der Waals surface area contributed by atoms with Crippen LogP contribution in [0, 0.1) is 5.92 Å². The first-order chi connectivity index (χ1) is 16.0. The molecule has 3 aromatic rings. The Morgan fingerprint density at radius 3 is 2.52 bits per heavy atom. The lowest BCUT2D eigenvalue weighted by molar-refractivity contribution is -0.119. The van der Waals surface area contributed by atoms with Crippen LogP contribution in [-0.2, 0) is 11.2 Å². The van der Waals surface area contributed by atoms with Gasteiger partial charge in [-0.2, -0.15) is 0 Å². The van der Waals surface area contributed by atoms with Crippen LogP contribution in [-0.4, -0.2) is 34.7 Å². The molecule has 1 aromatic carbocycles. The van der Waals surface area contributed by atoms with Gasteiger partial charge in [-0.05, 0) is 60.7 Å². The number of piperidine rings is 1. The van der Waals surface area contributed by atoms with Gasteiger partial charge >= 0.3 is 0 Å². The van der Waals surface area contributed by atoms with Gasteiger partial charge < -0.3 is 10.2 Å². The maximum Gasteiger partial charge on any atom is 0.255 e. The monoisotopic (exact) mass is 482 g/mol. The average molecular weight is 483 g/mol. The van der Waals surface area contributed by atoms with Gasteiger partial charge in [-0.15, -0.1) is 0 Å². The van der Waals surface area contributed by atoms with Crippen molar-refractivity contribution >= 4 is 46.4 Å². The number of benzene rings is 1. The van der Waals surface area contributed by atoms with Gasteiger partial charge in [-0.25, -0.2) is 4.98 Å². The zero-order valence-electron chi connectivity index (χ0n) is 18.0. The first-order valence-corrected chi connectivity index (χ1v) is 11.6. The molecule has 0 atom stereocenters. The molecule has 1 saturated heterocycles. The number of pyridine rings is 2. The largest absolute Gasteiger partial charge is 0.355 e. The minimum absolute atomic E-state index is 0.249. The van der Waals surface area contributed by atoms with Crippen LogP contribution in [0.1, 0.15) is 35.2 Å². The molecule has 4 rings (SSSR count). The van der Waals surface area contributed by atoms with Crippen molar-refractivity contribution in [2.24, 2.45) is 5.92 Å². The summed E-state index contributed by atoms with van der Waals surface area (Å²) < 4.78 is 0. The summed E-state index contributed by atoms with van der Waals surface area (Å²) in [6.45, 7) is 1.50. The van der Waals surface area contributed by atoms with Gasteiger partial charge in [-0.1, -0.05) is 29.3 Å². The molecule has 1 fully saturated rings. The van der Waals surface area contributed by atoms with E-state index in [-0.39, 0.29) is 11.7 Å². The number of carbonyl (C=O) groups excluding carboxylic acids is 2. The normalized spacial score (nSPS) is 14.2. The molecule has 0 aliphatic carbocycles. The lowest BCUT2D eigenvalue weighted by Crippen LogP contribution is -2.35. The Labute approximate surface area is 203 Å². The Morgan fingerprint density at radius 1 is 1.03 bits per heavy atom. The highest BCUT2D eigenvalue weighted by molar-refractivity contribution is 6.31. The highest BCUT2D eigenvalue weighted by atomic mass is 35.5. The molecule has 6 nitrogen and oxygen atoms in total. The second kappa shape index (κ2) is 10.8. The number of Topliss-reactive ketones (excluding diaryl/α,β-unsaturated/α-hetero) is 1. The molecule has 0 radical (unpaired) electrons. The predicted molar refractivity (Wildman–Crippen MR) is 131 cm³/mol. The average Bonchev–Trinajstić information content (AvgIpc) is 2.80. The standard InChI is InChI=1S/C25H24Cl2N4O2/c26-20-3-1-2-19(14-20)25(33)30-23-15-21(27)16-29-24(23)31-10-6-18(7-11-31)13-22(32)12-17-4-8-28-9-5-17/h1-5,8-9,14-16,18H,6-7,10-13H2,(H,30,33). The van der Waals surface area contributed by atoms with Crippen molar-refractivity contribution in [1.82, 2.24) is 9.97 Å². The van der Waals surface area contributed by atoms with E-state index in [0.29, 0.717) is 45.9 Å². The Balaban J connectivity index is 1.38. The maximum atomic E-state index is 12.7. The number of nitrogens with zero attached hydrogens (tertiary/aromatic N) is 3. The van der Waals surface area contributed by atoms with Gasteiger partial charge in [0.15, 0.2) is 5.82 Å². The van der Waals surface area contributed by atoms with Gasteiger partial charge in [-0.3, -0.25) is 14.6 Å². The van der Waals surface area contributed by atoms with Crippen LogP contribution >= 0.6 is 23.2 Å². The summed E-state index contributed by atoms with van der Waals surface area (Å²) >= 11 is 12.2. The molecule has 0 unspecified atom stereocenters. The molecule has 1 N–H and O–H groups in total. The summed E-state index contributed by atoms with van der Waals surface area (Å²) in [4.78, 5) is 35.8. The van der Waals surface area contributed by atoms with Crippen molar-refractivity contribution < 1.29 is 9.59 Å². The van der Waals surface area contributed by atoms with Crippen LogP contribution in [0.3, 0.4) is 0 Å². The molecule has 0 saturated carbocycles. The molecule has 33 heavy (non-hydrogen) atoms. The number of nitrogens with one attached hydrogen (secondary N) is 1. The second-order valence-corrected chi connectivity index (χ2v) is 9.07. The first kappa shape index (κ1) is 23.2. The van der Waals surface area contributed by atoms with Crippen molar-refractivity contribution in [3.8, 4) is 0 Å². The molecule has 1 aliphatic heterocycles. The van der Waals surface area contributed by atoms with Crippen LogP contribution in [0.4, 0.5) is 11.5 Å². The van der Waals surface area contributed by atoms with Crippen LogP contribution in [0.2, 0.25) is 10.0 Å². The van der Waals surface area contributed by atoms with Crippen molar-refractivity contribution in [2.75, 3.05) is 23.3 Å². The Morgan fingerprint density at radius 2 is 1.79 bits per heavy atom. The molecule has 8 heteroatoms. The van der Waals surface area contributed by atoms with Gasteiger partial charge in [0, 0.05) is 55.1 Å².